The van der Waals surface area contributed by atoms with Gasteiger partial charge in [0.1, 0.15) is 6.29 Å². The first kappa shape index (κ1) is 10.1. The van der Waals surface area contributed by atoms with Gasteiger partial charge in [-0.3, -0.25) is 4.79 Å². The molecule has 0 N–H and O–H groups in total. The third kappa shape index (κ3) is 7.00. The van der Waals surface area contributed by atoms with Crippen molar-refractivity contribution < 1.29 is 9.53 Å². The van der Waals surface area contributed by atoms with Gasteiger partial charge in [0.15, 0.2) is 0 Å². The number of rotatable bonds is 5. The molecule has 0 fully saturated rings. The fourth-order valence-corrected chi connectivity index (χ4v) is 0.649. The van der Waals surface area contributed by atoms with Crippen molar-refractivity contribution in [3.63, 3.8) is 0 Å². The second-order valence-corrected chi connectivity index (χ2v) is 2.07. The lowest BCUT2D eigenvalue weighted by Gasteiger charge is -2.03. The Bertz CT molecular complexity index is 148. The molecule has 0 saturated heterocycles. The van der Waals surface area contributed by atoms with Crippen molar-refractivity contribution in [1.82, 2.24) is 0 Å². The Morgan fingerprint density at radius 1 is 1.36 bits per heavy atom. The molecule has 0 aliphatic heterocycles. The molecule has 0 aliphatic carbocycles. The molecule has 0 aromatic carbocycles. The third-order valence-electron chi connectivity index (χ3n) is 1.11. The molecule has 0 unspecified atom stereocenters. The van der Waals surface area contributed by atoms with Crippen LogP contribution in [-0.2, 0) is 9.53 Å². The van der Waals surface area contributed by atoms with Gasteiger partial charge in [-0.1, -0.05) is 18.2 Å². The maximum absolute atomic E-state index is 9.82. The van der Waals surface area contributed by atoms with Crippen molar-refractivity contribution in [2.75, 3.05) is 6.61 Å². The Hall–Kier alpha value is -0.890. The Labute approximate surface area is 67.6 Å². The molecular weight excluding hydrogens is 140 g/mol. The summed E-state index contributed by atoms with van der Waals surface area (Å²) in [4.78, 5) is 9.82. The van der Waals surface area contributed by atoms with Gasteiger partial charge in [-0.05, 0) is 19.9 Å². The molecule has 11 heavy (non-hydrogen) atoms. The standard InChI is InChI=1S/C9H14O2/c1-3-11-9(2)7-5-4-6-8-10/h4-9H,3H2,1-2H3/b6-4+,7-5-/t9-/m0/s1. The number of hydrogen-bond donors (Lipinski definition) is 0. The maximum Gasteiger partial charge on any atom is 0.142 e. The summed E-state index contributed by atoms with van der Waals surface area (Å²) in [6, 6.07) is 0. The van der Waals surface area contributed by atoms with Gasteiger partial charge < -0.3 is 4.74 Å². The van der Waals surface area contributed by atoms with E-state index in [-0.39, 0.29) is 6.10 Å². The average Bonchev–Trinajstić information content (AvgIpc) is 1.99. The predicted octanol–water partition coefficient (Wildman–Crippen LogP) is 1.72. The number of carbonyl (C=O) groups excluding carboxylic acids is 1. The zero-order chi connectivity index (χ0) is 8.53. The minimum Gasteiger partial charge on any atom is -0.375 e. The summed E-state index contributed by atoms with van der Waals surface area (Å²) in [5.74, 6) is 0. The first-order valence-corrected chi connectivity index (χ1v) is 3.71. The normalized spacial score (nSPS) is 14.4. The zero-order valence-electron chi connectivity index (χ0n) is 6.99. The largest absolute Gasteiger partial charge is 0.375 e. The summed E-state index contributed by atoms with van der Waals surface area (Å²) in [6.07, 6.45) is 7.68. The monoisotopic (exact) mass is 154 g/mol. The molecule has 2 heteroatoms. The molecule has 62 valence electrons. The number of hydrogen-bond acceptors (Lipinski definition) is 2. The minimum atomic E-state index is 0.122. The highest BCUT2D eigenvalue weighted by Gasteiger charge is 1.90. The molecule has 0 aliphatic rings. The molecule has 0 amide bonds. The summed E-state index contributed by atoms with van der Waals surface area (Å²) < 4.78 is 5.21. The van der Waals surface area contributed by atoms with E-state index in [0.717, 1.165) is 6.29 Å². The van der Waals surface area contributed by atoms with Gasteiger partial charge in [-0.25, -0.2) is 0 Å². The highest BCUT2D eigenvalue weighted by atomic mass is 16.5. The van der Waals surface area contributed by atoms with Crippen molar-refractivity contribution in [3.8, 4) is 0 Å². The van der Waals surface area contributed by atoms with Crippen LogP contribution in [0.25, 0.3) is 0 Å². The van der Waals surface area contributed by atoms with Gasteiger partial charge in [0.2, 0.25) is 0 Å². The van der Waals surface area contributed by atoms with Crippen molar-refractivity contribution in [2.24, 2.45) is 0 Å². The van der Waals surface area contributed by atoms with Crippen LogP contribution in [0.2, 0.25) is 0 Å². The van der Waals surface area contributed by atoms with E-state index in [4.69, 9.17) is 4.74 Å². The van der Waals surface area contributed by atoms with Crippen molar-refractivity contribution in [2.45, 2.75) is 20.0 Å². The molecule has 0 rings (SSSR count). The fraction of sp³-hybridized carbons (Fsp3) is 0.444. The van der Waals surface area contributed by atoms with Gasteiger partial charge in [0.05, 0.1) is 6.10 Å². The van der Waals surface area contributed by atoms with Gasteiger partial charge in [-0.2, -0.15) is 0 Å². The molecule has 0 saturated carbocycles. The van der Waals surface area contributed by atoms with Crippen LogP contribution >= 0.6 is 0 Å². The first-order valence-electron chi connectivity index (χ1n) is 3.71. The Balaban J connectivity index is 3.54. The second-order valence-electron chi connectivity index (χ2n) is 2.07. The lowest BCUT2D eigenvalue weighted by molar-refractivity contribution is -0.104. The molecular formula is C9H14O2. The molecule has 0 aromatic rings. The Morgan fingerprint density at radius 2 is 2.09 bits per heavy atom. The molecule has 0 aromatic heterocycles. The first-order chi connectivity index (χ1) is 5.31. The van der Waals surface area contributed by atoms with Gasteiger partial charge in [0.25, 0.3) is 0 Å². The highest BCUT2D eigenvalue weighted by molar-refractivity contribution is 5.65. The average molecular weight is 154 g/mol. The zero-order valence-corrected chi connectivity index (χ0v) is 6.99. The van der Waals surface area contributed by atoms with Crippen LogP contribution in [0.3, 0.4) is 0 Å². The van der Waals surface area contributed by atoms with Gasteiger partial charge in [0, 0.05) is 6.61 Å². The number of carbonyl (C=O) groups is 1. The summed E-state index contributed by atoms with van der Waals surface area (Å²) in [5, 5.41) is 0. The molecule has 0 radical (unpaired) electrons. The fourth-order valence-electron chi connectivity index (χ4n) is 0.649. The summed E-state index contributed by atoms with van der Waals surface area (Å²) in [7, 11) is 0. The van der Waals surface area contributed by atoms with Crippen LogP contribution in [0.1, 0.15) is 13.8 Å². The number of allylic oxidation sites excluding steroid dienone is 3. The van der Waals surface area contributed by atoms with E-state index < -0.39 is 0 Å². The van der Waals surface area contributed by atoms with E-state index in [1.165, 1.54) is 6.08 Å². The van der Waals surface area contributed by atoms with E-state index in [9.17, 15) is 4.79 Å². The van der Waals surface area contributed by atoms with E-state index in [0.29, 0.717) is 6.61 Å². The quantitative estimate of drug-likeness (QED) is 0.342. The van der Waals surface area contributed by atoms with Crippen LogP contribution < -0.4 is 0 Å². The molecule has 1 atom stereocenters. The van der Waals surface area contributed by atoms with Gasteiger partial charge >= 0.3 is 0 Å². The van der Waals surface area contributed by atoms with Crippen molar-refractivity contribution >= 4 is 6.29 Å². The smallest absolute Gasteiger partial charge is 0.142 e. The lowest BCUT2D eigenvalue weighted by atomic mass is 10.3. The minimum absolute atomic E-state index is 0.122. The summed E-state index contributed by atoms with van der Waals surface area (Å²) >= 11 is 0. The van der Waals surface area contributed by atoms with Crippen molar-refractivity contribution in [1.29, 1.82) is 0 Å². The number of ether oxygens (including phenoxy) is 1. The Morgan fingerprint density at radius 3 is 2.64 bits per heavy atom. The predicted molar refractivity (Wildman–Crippen MR) is 45.4 cm³/mol. The summed E-state index contributed by atoms with van der Waals surface area (Å²) in [5.41, 5.74) is 0. The Kier molecular flexibility index (Phi) is 6.64. The maximum atomic E-state index is 9.82. The van der Waals surface area contributed by atoms with E-state index in [2.05, 4.69) is 0 Å². The van der Waals surface area contributed by atoms with Crippen LogP contribution in [-0.4, -0.2) is 19.0 Å². The van der Waals surface area contributed by atoms with Crippen LogP contribution in [0.15, 0.2) is 24.3 Å². The molecule has 0 heterocycles. The highest BCUT2D eigenvalue weighted by Crippen LogP contribution is 1.91. The van der Waals surface area contributed by atoms with E-state index in [1.807, 2.05) is 19.9 Å². The van der Waals surface area contributed by atoms with Gasteiger partial charge in [-0.15, -0.1) is 0 Å². The van der Waals surface area contributed by atoms with Crippen molar-refractivity contribution in [3.05, 3.63) is 24.3 Å². The number of aldehydes is 1. The van der Waals surface area contributed by atoms with E-state index >= 15 is 0 Å². The second kappa shape index (κ2) is 7.22. The summed E-state index contributed by atoms with van der Waals surface area (Å²) in [6.45, 7) is 4.61. The third-order valence-corrected chi connectivity index (χ3v) is 1.11. The molecule has 0 bridgehead atoms. The SMILES string of the molecule is CCO[C@@H](C)/C=C\C=C\C=O. The van der Waals surface area contributed by atoms with Crippen LogP contribution in [0.5, 0.6) is 0 Å². The van der Waals surface area contributed by atoms with Crippen LogP contribution in [0.4, 0.5) is 0 Å². The van der Waals surface area contributed by atoms with Crippen LogP contribution in [0, 0.1) is 0 Å². The molecule has 0 spiro atoms. The topological polar surface area (TPSA) is 26.3 Å². The van der Waals surface area contributed by atoms with E-state index in [1.54, 1.807) is 12.2 Å². The molecule has 2 nitrogen and oxygen atoms in total. The lowest BCUT2D eigenvalue weighted by Crippen LogP contribution is -2.02.